The standard InChI is InChI=1S/C23H27N3O3/c1-16(21(27)25-12-11-24(2)23(15-25)9-13-29-14-10-23)26-19-8-4-6-17-5-3-7-18(20(17)19)22(26)28/h3-8,16H,9-15H2,1-2H3. The molecule has 2 saturated heterocycles. The fraction of sp³-hybridized carbons (Fsp3) is 0.478. The maximum atomic E-state index is 13.5. The van der Waals surface area contributed by atoms with Crippen LogP contribution in [0.25, 0.3) is 10.8 Å². The quantitative estimate of drug-likeness (QED) is 0.787. The first-order valence-electron chi connectivity index (χ1n) is 10.4. The molecule has 5 rings (SSSR count). The number of carbonyl (C=O) groups is 2. The Hall–Kier alpha value is -2.44. The Morgan fingerprint density at radius 1 is 1.10 bits per heavy atom. The molecule has 1 unspecified atom stereocenters. The van der Waals surface area contributed by atoms with Crippen molar-refractivity contribution >= 4 is 28.3 Å². The molecule has 0 N–H and O–H groups in total. The second-order valence-corrected chi connectivity index (χ2v) is 8.55. The number of carbonyl (C=O) groups excluding carboxylic acids is 2. The molecule has 3 heterocycles. The van der Waals surface area contributed by atoms with E-state index < -0.39 is 6.04 Å². The Balaban J connectivity index is 1.43. The summed E-state index contributed by atoms with van der Waals surface area (Å²) >= 11 is 0. The highest BCUT2D eigenvalue weighted by Gasteiger charge is 2.44. The minimum atomic E-state index is -0.527. The van der Waals surface area contributed by atoms with Gasteiger partial charge in [0.05, 0.1) is 5.69 Å². The van der Waals surface area contributed by atoms with Crippen LogP contribution in [0.15, 0.2) is 36.4 Å². The summed E-state index contributed by atoms with van der Waals surface area (Å²) in [5.74, 6) is -0.0466. The van der Waals surface area contributed by atoms with E-state index in [0.717, 1.165) is 49.1 Å². The van der Waals surface area contributed by atoms with Gasteiger partial charge in [0.25, 0.3) is 5.91 Å². The number of piperazine rings is 1. The number of amides is 2. The third-order valence-corrected chi connectivity index (χ3v) is 7.07. The van der Waals surface area contributed by atoms with Gasteiger partial charge in [-0.25, -0.2) is 0 Å². The zero-order valence-corrected chi connectivity index (χ0v) is 17.1. The van der Waals surface area contributed by atoms with Gasteiger partial charge in [-0.05, 0) is 44.3 Å². The van der Waals surface area contributed by atoms with Gasteiger partial charge < -0.3 is 9.64 Å². The van der Waals surface area contributed by atoms with Crippen LogP contribution in [0.2, 0.25) is 0 Å². The van der Waals surface area contributed by atoms with E-state index in [0.29, 0.717) is 18.7 Å². The summed E-state index contributed by atoms with van der Waals surface area (Å²) in [6.07, 6.45) is 1.88. The lowest BCUT2D eigenvalue weighted by molar-refractivity contribution is -0.140. The number of hydrogen-bond acceptors (Lipinski definition) is 4. The first-order valence-corrected chi connectivity index (χ1v) is 10.4. The summed E-state index contributed by atoms with van der Waals surface area (Å²) in [6.45, 7) is 5.59. The predicted octanol–water partition coefficient (Wildman–Crippen LogP) is 2.51. The number of hydrogen-bond donors (Lipinski definition) is 0. The van der Waals surface area contributed by atoms with Crippen molar-refractivity contribution in [2.24, 2.45) is 0 Å². The van der Waals surface area contributed by atoms with Crippen molar-refractivity contribution < 1.29 is 14.3 Å². The van der Waals surface area contributed by atoms with Crippen molar-refractivity contribution in [3.63, 3.8) is 0 Å². The summed E-state index contributed by atoms with van der Waals surface area (Å²) in [7, 11) is 2.15. The molecule has 152 valence electrons. The SMILES string of the molecule is CC(C(=O)N1CCN(C)C2(CCOCC2)C1)N1C(=O)c2cccc3cccc1c23. The molecule has 1 atom stereocenters. The Morgan fingerprint density at radius 2 is 1.83 bits per heavy atom. The Kier molecular flexibility index (Phi) is 4.37. The normalized spacial score (nSPS) is 22.5. The molecule has 6 nitrogen and oxygen atoms in total. The van der Waals surface area contributed by atoms with Gasteiger partial charge in [0.1, 0.15) is 6.04 Å². The van der Waals surface area contributed by atoms with Crippen molar-refractivity contribution in [2.45, 2.75) is 31.3 Å². The van der Waals surface area contributed by atoms with Gasteiger partial charge in [-0.15, -0.1) is 0 Å². The number of likely N-dealkylation sites (N-methyl/N-ethyl adjacent to an activating group) is 1. The van der Waals surface area contributed by atoms with Gasteiger partial charge in [-0.1, -0.05) is 24.3 Å². The number of benzene rings is 2. The minimum absolute atomic E-state index is 0.0100. The molecular formula is C23H27N3O3. The summed E-state index contributed by atoms with van der Waals surface area (Å²) in [5, 5.41) is 2.00. The van der Waals surface area contributed by atoms with Crippen LogP contribution in [0.1, 0.15) is 30.1 Å². The molecule has 2 aromatic rings. The number of anilines is 1. The summed E-state index contributed by atoms with van der Waals surface area (Å²) in [5.41, 5.74) is 1.53. The Labute approximate surface area is 171 Å². The number of rotatable bonds is 2. The van der Waals surface area contributed by atoms with Crippen molar-refractivity contribution in [3.05, 3.63) is 42.0 Å². The average molecular weight is 393 g/mol. The smallest absolute Gasteiger partial charge is 0.259 e. The zero-order chi connectivity index (χ0) is 20.2. The topological polar surface area (TPSA) is 53.1 Å². The first-order chi connectivity index (χ1) is 14.0. The first kappa shape index (κ1) is 18.6. The fourth-order valence-corrected chi connectivity index (χ4v) is 5.24. The lowest BCUT2D eigenvalue weighted by Gasteiger charge is -2.51. The van der Waals surface area contributed by atoms with E-state index in [1.165, 1.54) is 0 Å². The monoisotopic (exact) mass is 393 g/mol. The third-order valence-electron chi connectivity index (χ3n) is 7.07. The zero-order valence-electron chi connectivity index (χ0n) is 17.1. The molecule has 2 aromatic carbocycles. The second kappa shape index (κ2) is 6.82. The average Bonchev–Trinajstić information content (AvgIpc) is 3.04. The van der Waals surface area contributed by atoms with E-state index >= 15 is 0 Å². The van der Waals surface area contributed by atoms with E-state index in [2.05, 4.69) is 11.9 Å². The van der Waals surface area contributed by atoms with Crippen LogP contribution >= 0.6 is 0 Å². The molecule has 1 spiro atoms. The Bertz CT molecular complexity index is 977. The molecule has 2 amide bonds. The maximum Gasteiger partial charge on any atom is 0.259 e. The van der Waals surface area contributed by atoms with Crippen molar-refractivity contribution in [1.82, 2.24) is 9.80 Å². The number of nitrogens with zero attached hydrogens (tertiary/aromatic N) is 3. The van der Waals surface area contributed by atoms with Gasteiger partial charge in [-0.2, -0.15) is 0 Å². The predicted molar refractivity (Wildman–Crippen MR) is 112 cm³/mol. The molecule has 3 aliphatic rings. The van der Waals surface area contributed by atoms with Crippen LogP contribution in [-0.4, -0.2) is 73.1 Å². The van der Waals surface area contributed by atoms with E-state index in [4.69, 9.17) is 4.74 Å². The van der Waals surface area contributed by atoms with Gasteiger partial charge in [0, 0.05) is 49.3 Å². The molecule has 0 aromatic heterocycles. The lowest BCUT2D eigenvalue weighted by atomic mass is 9.85. The van der Waals surface area contributed by atoms with Crippen LogP contribution in [-0.2, 0) is 9.53 Å². The molecule has 3 aliphatic heterocycles. The summed E-state index contributed by atoms with van der Waals surface area (Å²) < 4.78 is 5.57. The van der Waals surface area contributed by atoms with Gasteiger partial charge in [0.15, 0.2) is 0 Å². The third kappa shape index (κ3) is 2.77. The number of ether oxygens (including phenoxy) is 1. The lowest BCUT2D eigenvalue weighted by Crippen LogP contribution is -2.65. The fourth-order valence-electron chi connectivity index (χ4n) is 5.24. The Morgan fingerprint density at radius 3 is 2.59 bits per heavy atom. The van der Waals surface area contributed by atoms with E-state index in [1.54, 1.807) is 4.90 Å². The van der Waals surface area contributed by atoms with Gasteiger partial charge in [-0.3, -0.25) is 19.4 Å². The van der Waals surface area contributed by atoms with Gasteiger partial charge in [0.2, 0.25) is 5.91 Å². The molecule has 0 aliphatic carbocycles. The van der Waals surface area contributed by atoms with Crippen LogP contribution < -0.4 is 4.90 Å². The molecular weight excluding hydrogens is 366 g/mol. The van der Waals surface area contributed by atoms with E-state index in [1.807, 2.05) is 48.2 Å². The molecule has 0 saturated carbocycles. The molecule has 0 bridgehead atoms. The van der Waals surface area contributed by atoms with Crippen molar-refractivity contribution in [2.75, 3.05) is 44.8 Å². The molecule has 0 radical (unpaired) electrons. The van der Waals surface area contributed by atoms with Crippen molar-refractivity contribution in [3.8, 4) is 0 Å². The highest BCUT2D eigenvalue weighted by molar-refractivity contribution is 6.26. The summed E-state index contributed by atoms with van der Waals surface area (Å²) in [4.78, 5) is 32.7. The van der Waals surface area contributed by atoms with Crippen LogP contribution in [0, 0.1) is 0 Å². The van der Waals surface area contributed by atoms with E-state index in [-0.39, 0.29) is 17.4 Å². The molecule has 29 heavy (non-hydrogen) atoms. The minimum Gasteiger partial charge on any atom is -0.381 e. The maximum absolute atomic E-state index is 13.5. The second-order valence-electron chi connectivity index (χ2n) is 8.55. The highest BCUT2D eigenvalue weighted by atomic mass is 16.5. The largest absolute Gasteiger partial charge is 0.381 e. The van der Waals surface area contributed by atoms with E-state index in [9.17, 15) is 9.59 Å². The van der Waals surface area contributed by atoms with Gasteiger partial charge >= 0.3 is 0 Å². The highest BCUT2D eigenvalue weighted by Crippen LogP contribution is 2.39. The molecule has 6 heteroatoms. The molecule has 2 fully saturated rings. The van der Waals surface area contributed by atoms with Crippen molar-refractivity contribution in [1.29, 1.82) is 0 Å². The van der Waals surface area contributed by atoms with Crippen LogP contribution in [0.4, 0.5) is 5.69 Å². The summed E-state index contributed by atoms with van der Waals surface area (Å²) in [6, 6.07) is 11.2. The van der Waals surface area contributed by atoms with Crippen LogP contribution in [0.5, 0.6) is 0 Å². The van der Waals surface area contributed by atoms with Crippen LogP contribution in [0.3, 0.4) is 0 Å².